The van der Waals surface area contributed by atoms with Crippen molar-refractivity contribution in [2.75, 3.05) is 18.4 Å². The van der Waals surface area contributed by atoms with Crippen LogP contribution in [0.3, 0.4) is 0 Å². The third-order valence-corrected chi connectivity index (χ3v) is 8.32. The van der Waals surface area contributed by atoms with E-state index in [1.807, 2.05) is 76.2 Å². The number of anilines is 1. The molecule has 0 unspecified atom stereocenters. The van der Waals surface area contributed by atoms with E-state index in [9.17, 15) is 13.6 Å². The summed E-state index contributed by atoms with van der Waals surface area (Å²) in [5.74, 6) is -1.53. The molecule has 10 heteroatoms. The molecule has 6 rings (SSSR count). The zero-order valence-electron chi connectivity index (χ0n) is 26.1. The van der Waals surface area contributed by atoms with Gasteiger partial charge in [0.15, 0.2) is 0 Å². The number of hydrogen-bond donors (Lipinski definition) is 1. The highest BCUT2D eigenvalue weighted by Gasteiger charge is 2.55. The molecule has 236 valence electrons. The molecule has 1 amide bonds. The van der Waals surface area contributed by atoms with Crippen LogP contribution in [0.25, 0.3) is 22.0 Å². The van der Waals surface area contributed by atoms with Crippen LogP contribution in [0, 0.1) is 12.8 Å². The number of ether oxygens (including phenoxy) is 2. The van der Waals surface area contributed by atoms with Gasteiger partial charge in [-0.25, -0.2) is 28.5 Å². The Labute approximate surface area is 262 Å². The van der Waals surface area contributed by atoms with Crippen LogP contribution >= 0.6 is 0 Å². The monoisotopic (exact) mass is 615 g/mol. The van der Waals surface area contributed by atoms with Crippen LogP contribution in [0.15, 0.2) is 60.9 Å². The molecule has 1 saturated carbocycles. The Balaban J connectivity index is 1.21. The van der Waals surface area contributed by atoms with E-state index in [1.54, 1.807) is 17.3 Å². The van der Waals surface area contributed by atoms with Crippen molar-refractivity contribution in [2.45, 2.75) is 77.4 Å². The third-order valence-electron chi connectivity index (χ3n) is 8.32. The number of hydrogen-bond acceptors (Lipinski definition) is 7. The number of carbonyl (C=O) groups excluding carboxylic acids is 1. The zero-order valence-corrected chi connectivity index (χ0v) is 26.1. The lowest BCUT2D eigenvalue weighted by Gasteiger charge is -2.34. The normalized spacial score (nSPS) is 19.3. The fourth-order valence-electron chi connectivity index (χ4n) is 5.88. The molecule has 1 saturated heterocycles. The highest BCUT2D eigenvalue weighted by atomic mass is 19.3. The minimum Gasteiger partial charge on any atom is -0.444 e. The van der Waals surface area contributed by atoms with Gasteiger partial charge in [0.05, 0.1) is 11.3 Å². The van der Waals surface area contributed by atoms with Crippen LogP contribution in [0.5, 0.6) is 11.6 Å². The standard InChI is InChI=1S/C35H39F2N5O3/c1-22-12-15-26-23(13-14-24-20-35(24,36)37)8-5-10-27(26)30(22)44-31-28(11-6-17-38-31)29-16-18-39-32(41-29)40-25-9-7-19-42(21-25)33(43)45-34(2,3)4/h5-6,8,10-12,15-18,24-25H,7,9,13-14,19-21H2,1-4H3,(H,39,40,41)/t24-,25+/m1/s1. The number of aromatic nitrogens is 3. The van der Waals surface area contributed by atoms with Crippen LogP contribution in [0.4, 0.5) is 19.5 Å². The molecule has 2 aliphatic rings. The summed E-state index contributed by atoms with van der Waals surface area (Å²) in [7, 11) is 0. The molecule has 1 aliphatic carbocycles. The first-order valence-corrected chi connectivity index (χ1v) is 15.6. The van der Waals surface area contributed by atoms with Crippen molar-refractivity contribution >= 4 is 22.8 Å². The van der Waals surface area contributed by atoms with Crippen molar-refractivity contribution in [3.8, 4) is 22.9 Å². The van der Waals surface area contributed by atoms with Gasteiger partial charge in [-0.1, -0.05) is 30.3 Å². The second-order valence-corrected chi connectivity index (χ2v) is 13.1. The Morgan fingerprint density at radius 3 is 2.67 bits per heavy atom. The maximum atomic E-state index is 13.5. The van der Waals surface area contributed by atoms with Crippen LogP contribution in [0.2, 0.25) is 0 Å². The Bertz CT molecular complexity index is 1710. The molecule has 2 aromatic heterocycles. The van der Waals surface area contributed by atoms with Crippen LogP contribution < -0.4 is 10.1 Å². The molecule has 1 aliphatic heterocycles. The summed E-state index contributed by atoms with van der Waals surface area (Å²) < 4.78 is 39.2. The SMILES string of the molecule is Cc1ccc2c(CC[C@@H]3CC3(F)F)cccc2c1Oc1ncccc1-c1ccnc(N[C@H]2CCCN(C(=O)OC(C)(C)C)C2)n1. The van der Waals surface area contributed by atoms with E-state index < -0.39 is 17.4 Å². The Morgan fingerprint density at radius 2 is 1.89 bits per heavy atom. The predicted octanol–water partition coefficient (Wildman–Crippen LogP) is 8.19. The van der Waals surface area contributed by atoms with Gasteiger partial charge >= 0.3 is 6.09 Å². The van der Waals surface area contributed by atoms with Crippen molar-refractivity contribution in [3.05, 3.63) is 72.1 Å². The predicted molar refractivity (Wildman–Crippen MR) is 170 cm³/mol. The quantitative estimate of drug-likeness (QED) is 0.214. The smallest absolute Gasteiger partial charge is 0.410 e. The van der Waals surface area contributed by atoms with Crippen molar-refractivity contribution < 1.29 is 23.0 Å². The number of halogens is 2. The number of pyridine rings is 1. The summed E-state index contributed by atoms with van der Waals surface area (Å²) in [6, 6.07) is 15.5. The molecule has 2 atom stereocenters. The molecule has 3 heterocycles. The highest BCUT2D eigenvalue weighted by Crippen LogP contribution is 2.51. The van der Waals surface area contributed by atoms with Crippen LogP contribution in [-0.2, 0) is 11.2 Å². The fraction of sp³-hybridized carbons (Fsp3) is 0.429. The zero-order chi connectivity index (χ0) is 31.8. The van der Waals surface area contributed by atoms with Crippen molar-refractivity contribution in [1.29, 1.82) is 0 Å². The van der Waals surface area contributed by atoms with E-state index in [-0.39, 0.29) is 18.6 Å². The van der Waals surface area contributed by atoms with Crippen molar-refractivity contribution in [1.82, 2.24) is 19.9 Å². The summed E-state index contributed by atoms with van der Waals surface area (Å²) in [6.45, 7) is 8.71. The van der Waals surface area contributed by atoms with Gasteiger partial charge in [-0.2, -0.15) is 0 Å². The Kier molecular flexibility index (Phi) is 8.33. The first-order chi connectivity index (χ1) is 21.5. The van der Waals surface area contributed by atoms with Gasteiger partial charge in [0, 0.05) is 49.2 Å². The maximum Gasteiger partial charge on any atom is 0.410 e. The average Bonchev–Trinajstić information content (AvgIpc) is 3.62. The Hall–Kier alpha value is -4.34. The first kappa shape index (κ1) is 30.7. The van der Waals surface area contributed by atoms with Gasteiger partial charge < -0.3 is 19.7 Å². The van der Waals surface area contributed by atoms with Crippen molar-refractivity contribution in [2.24, 2.45) is 5.92 Å². The molecule has 8 nitrogen and oxygen atoms in total. The minimum atomic E-state index is -2.52. The lowest BCUT2D eigenvalue weighted by atomic mass is 9.97. The number of piperidine rings is 1. The van der Waals surface area contributed by atoms with Crippen molar-refractivity contribution in [3.63, 3.8) is 0 Å². The van der Waals surface area contributed by atoms with E-state index >= 15 is 0 Å². The maximum absolute atomic E-state index is 13.5. The van der Waals surface area contributed by atoms with E-state index in [0.717, 1.165) is 34.7 Å². The first-order valence-electron chi connectivity index (χ1n) is 15.6. The molecule has 0 bridgehead atoms. The second-order valence-electron chi connectivity index (χ2n) is 13.1. The minimum absolute atomic E-state index is 0.0147. The molecule has 2 fully saturated rings. The largest absolute Gasteiger partial charge is 0.444 e. The molecule has 0 radical (unpaired) electrons. The molecule has 2 aromatic carbocycles. The van der Waals surface area contributed by atoms with E-state index in [2.05, 4.69) is 15.3 Å². The molecule has 1 N–H and O–H groups in total. The summed E-state index contributed by atoms with van der Waals surface area (Å²) in [4.78, 5) is 28.2. The summed E-state index contributed by atoms with van der Waals surface area (Å²) >= 11 is 0. The number of nitrogens with one attached hydrogen (secondary N) is 1. The van der Waals surface area contributed by atoms with Crippen LogP contribution in [-0.4, -0.2) is 56.6 Å². The topological polar surface area (TPSA) is 89.5 Å². The molecule has 45 heavy (non-hydrogen) atoms. The second kappa shape index (κ2) is 12.2. The number of aryl methyl sites for hydroxylation is 2. The van der Waals surface area contributed by atoms with Gasteiger partial charge in [0.1, 0.15) is 11.4 Å². The van der Waals surface area contributed by atoms with Gasteiger partial charge in [-0.15, -0.1) is 0 Å². The highest BCUT2D eigenvalue weighted by molar-refractivity contribution is 5.92. The third kappa shape index (κ3) is 7.16. The molecular formula is C35H39F2N5O3. The summed E-state index contributed by atoms with van der Waals surface area (Å²) in [6.07, 6.45) is 5.80. The average molecular weight is 616 g/mol. The molecule has 0 spiro atoms. The van der Waals surface area contributed by atoms with Gasteiger partial charge in [-0.3, -0.25) is 0 Å². The van der Waals surface area contributed by atoms with Crippen LogP contribution in [0.1, 0.15) is 57.6 Å². The lowest BCUT2D eigenvalue weighted by molar-refractivity contribution is 0.0206. The van der Waals surface area contributed by atoms with Gasteiger partial charge in [-0.05, 0) is 88.1 Å². The number of likely N-dealkylation sites (tertiary alicyclic amines) is 1. The fourth-order valence-corrected chi connectivity index (χ4v) is 5.88. The number of amides is 1. The number of fused-ring (bicyclic) bond motifs is 1. The number of benzene rings is 2. The summed E-state index contributed by atoms with van der Waals surface area (Å²) in [5, 5.41) is 5.29. The Morgan fingerprint density at radius 1 is 1.07 bits per heavy atom. The number of rotatable bonds is 8. The molecule has 4 aromatic rings. The lowest BCUT2D eigenvalue weighted by Crippen LogP contribution is -2.47. The van der Waals surface area contributed by atoms with Gasteiger partial charge in [0.2, 0.25) is 11.8 Å². The van der Waals surface area contributed by atoms with E-state index in [1.165, 1.54) is 0 Å². The number of nitrogens with zero attached hydrogens (tertiary/aromatic N) is 4. The summed E-state index contributed by atoms with van der Waals surface area (Å²) in [5.41, 5.74) is 2.74. The van der Waals surface area contributed by atoms with Gasteiger partial charge in [0.25, 0.3) is 5.92 Å². The number of carbonyl (C=O) groups is 1. The van der Waals surface area contributed by atoms with E-state index in [4.69, 9.17) is 14.5 Å². The molecular weight excluding hydrogens is 576 g/mol. The number of alkyl halides is 2. The van der Waals surface area contributed by atoms with E-state index in [0.29, 0.717) is 54.8 Å².